The van der Waals surface area contributed by atoms with Crippen molar-refractivity contribution in [1.82, 2.24) is 5.43 Å². The zero-order chi connectivity index (χ0) is 21.2. The van der Waals surface area contributed by atoms with Gasteiger partial charge in [-0.3, -0.25) is 9.59 Å². The fourth-order valence-electron chi connectivity index (χ4n) is 2.72. The fraction of sp³-hybridized carbons (Fsp3) is 0.318. The standard InChI is InChI=1S/C22H26ClN3O3/c1-4-12-29-19-11-10-15(13-18(19)23)14-24-26-22(28)21(27)25-20-16(5-2)8-7-9-17(20)6-3/h7-11,13-14H,4-6,12H2,1-3H3,(H,25,27)(H,26,28)/b24-14-. The van der Waals surface area contributed by atoms with Gasteiger partial charge in [-0.05, 0) is 54.2 Å². The lowest BCUT2D eigenvalue weighted by Crippen LogP contribution is -2.33. The number of ether oxygens (including phenoxy) is 1. The number of hydrogen-bond acceptors (Lipinski definition) is 4. The molecule has 0 radical (unpaired) electrons. The molecule has 0 saturated carbocycles. The van der Waals surface area contributed by atoms with Gasteiger partial charge in [-0.25, -0.2) is 5.43 Å². The van der Waals surface area contributed by atoms with Crippen molar-refractivity contribution in [3.63, 3.8) is 0 Å². The minimum absolute atomic E-state index is 0.453. The molecule has 0 saturated heterocycles. The van der Waals surface area contributed by atoms with Crippen LogP contribution in [0, 0.1) is 0 Å². The summed E-state index contributed by atoms with van der Waals surface area (Å²) in [5.41, 5.74) is 5.56. The molecule has 2 rings (SSSR count). The summed E-state index contributed by atoms with van der Waals surface area (Å²) in [5, 5.41) is 6.99. The first-order valence-electron chi connectivity index (χ1n) is 9.67. The zero-order valence-corrected chi connectivity index (χ0v) is 17.7. The lowest BCUT2D eigenvalue weighted by Gasteiger charge is -2.13. The summed E-state index contributed by atoms with van der Waals surface area (Å²) in [6.45, 7) is 6.59. The van der Waals surface area contributed by atoms with Gasteiger partial charge in [0.05, 0.1) is 17.8 Å². The van der Waals surface area contributed by atoms with Gasteiger partial charge in [0, 0.05) is 5.69 Å². The molecule has 2 amide bonds. The van der Waals surface area contributed by atoms with Crippen molar-refractivity contribution in [3.8, 4) is 5.75 Å². The summed E-state index contributed by atoms with van der Waals surface area (Å²) in [6.07, 6.45) is 3.80. The third kappa shape index (κ3) is 6.32. The van der Waals surface area contributed by atoms with E-state index in [0.29, 0.717) is 28.6 Å². The maximum atomic E-state index is 12.3. The van der Waals surface area contributed by atoms with E-state index in [-0.39, 0.29) is 0 Å². The maximum Gasteiger partial charge on any atom is 0.329 e. The van der Waals surface area contributed by atoms with E-state index in [1.54, 1.807) is 18.2 Å². The average Bonchev–Trinajstić information content (AvgIpc) is 2.73. The van der Waals surface area contributed by atoms with Gasteiger partial charge in [0.2, 0.25) is 0 Å². The predicted octanol–water partition coefficient (Wildman–Crippen LogP) is 4.34. The third-order valence-electron chi connectivity index (χ3n) is 4.24. The Balaban J connectivity index is 1.99. The lowest BCUT2D eigenvalue weighted by molar-refractivity contribution is -0.136. The Morgan fingerprint density at radius 1 is 1.07 bits per heavy atom. The van der Waals surface area contributed by atoms with Gasteiger partial charge in [-0.1, -0.05) is 50.6 Å². The number of hydrazone groups is 1. The number of carbonyl (C=O) groups is 2. The second kappa shape index (κ2) is 11.2. The van der Waals surface area contributed by atoms with Crippen LogP contribution >= 0.6 is 11.6 Å². The fourth-order valence-corrected chi connectivity index (χ4v) is 2.96. The molecule has 0 aromatic heterocycles. The second-order valence-corrected chi connectivity index (χ2v) is 6.76. The van der Waals surface area contributed by atoms with Crippen LogP contribution in [0.4, 0.5) is 5.69 Å². The number of aryl methyl sites for hydroxylation is 2. The van der Waals surface area contributed by atoms with Gasteiger partial charge >= 0.3 is 11.8 Å². The highest BCUT2D eigenvalue weighted by atomic mass is 35.5. The summed E-state index contributed by atoms with van der Waals surface area (Å²) in [5.74, 6) is -1.02. The minimum Gasteiger partial charge on any atom is -0.492 e. The van der Waals surface area contributed by atoms with E-state index < -0.39 is 11.8 Å². The number of amides is 2. The Labute approximate surface area is 176 Å². The van der Waals surface area contributed by atoms with E-state index in [1.165, 1.54) is 6.21 Å². The normalized spacial score (nSPS) is 10.8. The molecule has 0 atom stereocenters. The molecule has 0 bridgehead atoms. The molecule has 0 aliphatic heterocycles. The molecule has 29 heavy (non-hydrogen) atoms. The molecule has 0 heterocycles. The Morgan fingerprint density at radius 3 is 2.34 bits per heavy atom. The summed E-state index contributed by atoms with van der Waals surface area (Å²) in [4.78, 5) is 24.3. The number of hydrogen-bond donors (Lipinski definition) is 2. The topological polar surface area (TPSA) is 79.8 Å². The first kappa shape index (κ1) is 22.4. The van der Waals surface area contributed by atoms with Crippen molar-refractivity contribution in [2.24, 2.45) is 5.10 Å². The number of benzene rings is 2. The molecule has 0 fully saturated rings. The lowest BCUT2D eigenvalue weighted by atomic mass is 10.0. The molecule has 154 valence electrons. The molecule has 2 aromatic rings. The van der Waals surface area contributed by atoms with Crippen molar-refractivity contribution in [3.05, 3.63) is 58.1 Å². The van der Waals surface area contributed by atoms with Crippen molar-refractivity contribution >= 4 is 35.3 Å². The van der Waals surface area contributed by atoms with Gasteiger partial charge in [0.1, 0.15) is 5.75 Å². The van der Waals surface area contributed by atoms with Gasteiger partial charge in [-0.15, -0.1) is 0 Å². The predicted molar refractivity (Wildman–Crippen MR) is 117 cm³/mol. The Bertz CT molecular complexity index is 875. The molecule has 0 unspecified atom stereocenters. The van der Waals surface area contributed by atoms with Crippen LogP contribution in [0.1, 0.15) is 43.9 Å². The van der Waals surface area contributed by atoms with E-state index >= 15 is 0 Å². The molecular formula is C22H26ClN3O3. The number of para-hydroxylation sites is 1. The summed E-state index contributed by atoms with van der Waals surface area (Å²) < 4.78 is 5.51. The summed E-state index contributed by atoms with van der Waals surface area (Å²) in [6, 6.07) is 11.0. The van der Waals surface area contributed by atoms with Crippen LogP contribution in [-0.2, 0) is 22.4 Å². The van der Waals surface area contributed by atoms with Crippen molar-refractivity contribution in [2.45, 2.75) is 40.0 Å². The molecule has 0 spiro atoms. The molecule has 2 aromatic carbocycles. The van der Waals surface area contributed by atoms with Crippen LogP contribution in [0.3, 0.4) is 0 Å². The number of rotatable bonds is 8. The Hall–Kier alpha value is -2.86. The Morgan fingerprint density at radius 2 is 1.76 bits per heavy atom. The molecule has 7 heteroatoms. The maximum absolute atomic E-state index is 12.3. The summed E-state index contributed by atoms with van der Waals surface area (Å²) >= 11 is 6.17. The molecule has 0 aliphatic carbocycles. The van der Waals surface area contributed by atoms with E-state index in [2.05, 4.69) is 15.8 Å². The van der Waals surface area contributed by atoms with Gasteiger partial charge in [0.25, 0.3) is 0 Å². The summed E-state index contributed by atoms with van der Waals surface area (Å²) in [7, 11) is 0. The first-order chi connectivity index (χ1) is 14.0. The highest BCUT2D eigenvalue weighted by Gasteiger charge is 2.16. The van der Waals surface area contributed by atoms with Crippen LogP contribution in [0.25, 0.3) is 0 Å². The van der Waals surface area contributed by atoms with E-state index in [4.69, 9.17) is 16.3 Å². The van der Waals surface area contributed by atoms with Gasteiger partial charge in [0.15, 0.2) is 0 Å². The van der Waals surface area contributed by atoms with Crippen LogP contribution < -0.4 is 15.5 Å². The smallest absolute Gasteiger partial charge is 0.329 e. The second-order valence-electron chi connectivity index (χ2n) is 6.35. The number of halogens is 1. The van der Waals surface area contributed by atoms with Gasteiger partial charge in [-0.2, -0.15) is 5.10 Å². The Kier molecular flexibility index (Phi) is 8.68. The molecule has 0 aliphatic rings. The van der Waals surface area contributed by atoms with Crippen LogP contribution in [-0.4, -0.2) is 24.6 Å². The SMILES string of the molecule is CCCOc1ccc(/C=N\NC(=O)C(=O)Nc2c(CC)cccc2CC)cc1Cl. The van der Waals surface area contributed by atoms with Crippen molar-refractivity contribution in [2.75, 3.05) is 11.9 Å². The molecule has 2 N–H and O–H groups in total. The molecule has 6 nitrogen and oxygen atoms in total. The van der Waals surface area contributed by atoms with E-state index in [1.807, 2.05) is 39.0 Å². The van der Waals surface area contributed by atoms with Gasteiger partial charge < -0.3 is 10.1 Å². The minimum atomic E-state index is -0.844. The first-order valence-corrected chi connectivity index (χ1v) is 10.0. The van der Waals surface area contributed by atoms with Crippen LogP contribution in [0.15, 0.2) is 41.5 Å². The number of nitrogens with zero attached hydrogens (tertiary/aromatic N) is 1. The monoisotopic (exact) mass is 415 g/mol. The zero-order valence-electron chi connectivity index (χ0n) is 16.9. The number of anilines is 1. The van der Waals surface area contributed by atoms with Crippen molar-refractivity contribution in [1.29, 1.82) is 0 Å². The number of nitrogens with one attached hydrogen (secondary N) is 2. The average molecular weight is 416 g/mol. The highest BCUT2D eigenvalue weighted by Crippen LogP contribution is 2.25. The largest absolute Gasteiger partial charge is 0.492 e. The van der Waals surface area contributed by atoms with E-state index in [9.17, 15) is 9.59 Å². The number of carbonyl (C=O) groups excluding carboxylic acids is 2. The van der Waals surface area contributed by atoms with Crippen LogP contribution in [0.2, 0.25) is 5.02 Å². The molecular weight excluding hydrogens is 390 g/mol. The highest BCUT2D eigenvalue weighted by molar-refractivity contribution is 6.39. The van der Waals surface area contributed by atoms with Crippen LogP contribution in [0.5, 0.6) is 5.75 Å². The van der Waals surface area contributed by atoms with Crippen molar-refractivity contribution < 1.29 is 14.3 Å². The quantitative estimate of drug-likeness (QED) is 0.382. The van der Waals surface area contributed by atoms with E-state index in [0.717, 1.165) is 30.4 Å². The third-order valence-corrected chi connectivity index (χ3v) is 4.54.